The van der Waals surface area contributed by atoms with Crippen molar-refractivity contribution in [2.24, 2.45) is 0 Å². The fraction of sp³-hybridized carbons (Fsp3) is 0.467. The molecule has 3 rings (SSSR count). The summed E-state index contributed by atoms with van der Waals surface area (Å²) in [6.45, 7) is 5.83. The highest BCUT2D eigenvalue weighted by atomic mass is 32.1. The van der Waals surface area contributed by atoms with Crippen LogP contribution >= 0.6 is 11.3 Å². The third-order valence-electron chi connectivity index (χ3n) is 3.60. The summed E-state index contributed by atoms with van der Waals surface area (Å²) in [4.78, 5) is 15.3. The minimum atomic E-state index is -0.104. The Morgan fingerprint density at radius 3 is 3.09 bits per heavy atom. The number of ether oxygens (including phenoxy) is 1. The van der Waals surface area contributed by atoms with Crippen LogP contribution in [0.25, 0.3) is 0 Å². The second-order valence-electron chi connectivity index (χ2n) is 5.55. The van der Waals surface area contributed by atoms with Gasteiger partial charge in [-0.15, -0.1) is 11.3 Å². The molecule has 1 fully saturated rings. The number of carbonyl (C=O) groups is 1. The van der Waals surface area contributed by atoms with Crippen LogP contribution in [-0.2, 0) is 4.74 Å². The lowest BCUT2D eigenvalue weighted by molar-refractivity contribution is -0.0115. The number of hydrogen-bond donors (Lipinski definition) is 1. The van der Waals surface area contributed by atoms with Gasteiger partial charge < -0.3 is 15.0 Å². The number of urea groups is 1. The third kappa shape index (κ3) is 3.31. The molecule has 0 aromatic carbocycles. The first-order valence-corrected chi connectivity index (χ1v) is 8.26. The van der Waals surface area contributed by atoms with E-state index in [1.54, 1.807) is 22.4 Å². The summed E-state index contributed by atoms with van der Waals surface area (Å²) in [6, 6.07) is 4.22. The molecule has 2 aromatic rings. The van der Waals surface area contributed by atoms with Crippen LogP contribution < -0.4 is 5.32 Å². The molecule has 1 atom stereocenters. The van der Waals surface area contributed by atoms with Gasteiger partial charge in [0.15, 0.2) is 0 Å². The predicted octanol–water partition coefficient (Wildman–Crippen LogP) is 3.13. The first kappa shape index (κ1) is 15.1. The van der Waals surface area contributed by atoms with Gasteiger partial charge in [-0.05, 0) is 25.3 Å². The lowest BCUT2D eigenvalue weighted by atomic mass is 10.2. The summed E-state index contributed by atoms with van der Waals surface area (Å²) in [6.07, 6.45) is 3.49. The van der Waals surface area contributed by atoms with E-state index < -0.39 is 0 Å². The number of rotatable bonds is 3. The summed E-state index contributed by atoms with van der Waals surface area (Å²) in [5, 5.41) is 9.16. The Morgan fingerprint density at radius 1 is 1.55 bits per heavy atom. The maximum Gasteiger partial charge on any atom is 0.322 e. The highest BCUT2D eigenvalue weighted by molar-refractivity contribution is 7.10. The Morgan fingerprint density at radius 2 is 2.41 bits per heavy atom. The van der Waals surface area contributed by atoms with Gasteiger partial charge >= 0.3 is 6.03 Å². The molecular weight excluding hydrogens is 300 g/mol. The van der Waals surface area contributed by atoms with Crippen molar-refractivity contribution in [3.8, 4) is 0 Å². The molecule has 1 saturated heterocycles. The average molecular weight is 320 g/mol. The van der Waals surface area contributed by atoms with Crippen molar-refractivity contribution in [3.63, 3.8) is 0 Å². The van der Waals surface area contributed by atoms with Crippen molar-refractivity contribution < 1.29 is 9.53 Å². The van der Waals surface area contributed by atoms with Crippen LogP contribution in [0, 0.1) is 0 Å². The molecule has 22 heavy (non-hydrogen) atoms. The zero-order valence-corrected chi connectivity index (χ0v) is 13.5. The number of amides is 2. The van der Waals surface area contributed by atoms with Crippen LogP contribution in [-0.4, -0.2) is 40.4 Å². The molecule has 6 nitrogen and oxygen atoms in total. The Balaban J connectivity index is 1.61. The Labute approximate surface area is 133 Å². The van der Waals surface area contributed by atoms with Crippen LogP contribution in [0.2, 0.25) is 0 Å². The molecule has 1 N–H and O–H groups in total. The minimum Gasteiger partial charge on any atom is -0.369 e. The van der Waals surface area contributed by atoms with Gasteiger partial charge in [0.2, 0.25) is 0 Å². The number of hydrogen-bond acceptors (Lipinski definition) is 4. The number of anilines is 1. The Bertz CT molecular complexity index is 623. The number of nitrogens with zero attached hydrogens (tertiary/aromatic N) is 3. The fourth-order valence-corrected chi connectivity index (χ4v) is 3.13. The summed E-state index contributed by atoms with van der Waals surface area (Å²) in [5.74, 6) is 0. The van der Waals surface area contributed by atoms with E-state index in [2.05, 4.69) is 10.4 Å². The highest BCUT2D eigenvalue weighted by Gasteiger charge is 2.26. The van der Waals surface area contributed by atoms with E-state index in [-0.39, 0.29) is 18.2 Å². The van der Waals surface area contributed by atoms with E-state index in [1.807, 2.05) is 42.2 Å². The molecule has 7 heteroatoms. The van der Waals surface area contributed by atoms with Gasteiger partial charge in [-0.25, -0.2) is 4.79 Å². The van der Waals surface area contributed by atoms with Gasteiger partial charge in [0, 0.05) is 23.7 Å². The average Bonchev–Trinajstić information content (AvgIpc) is 3.19. The normalized spacial score (nSPS) is 18.7. The van der Waals surface area contributed by atoms with Crippen LogP contribution in [0.4, 0.5) is 10.5 Å². The standard InChI is InChI=1S/C15H20N4O2S/c1-11(2)19-9-12(8-16-19)17-15(20)18-5-6-21-13(10-18)14-4-3-7-22-14/h3-4,7-9,11,13H,5-6,10H2,1-2H3,(H,17,20). The maximum atomic E-state index is 12.4. The molecule has 0 aliphatic carbocycles. The van der Waals surface area contributed by atoms with Gasteiger partial charge in [0.25, 0.3) is 0 Å². The molecule has 0 radical (unpaired) electrons. The molecule has 1 aliphatic rings. The van der Waals surface area contributed by atoms with E-state index in [0.717, 1.165) is 10.6 Å². The molecule has 3 heterocycles. The van der Waals surface area contributed by atoms with Crippen molar-refractivity contribution in [2.75, 3.05) is 25.0 Å². The summed E-state index contributed by atoms with van der Waals surface area (Å²) < 4.78 is 7.58. The first-order chi connectivity index (χ1) is 10.6. The van der Waals surface area contributed by atoms with Crippen LogP contribution in [0.3, 0.4) is 0 Å². The SMILES string of the molecule is CC(C)n1cc(NC(=O)N2CCOC(c3cccs3)C2)cn1. The molecule has 2 amide bonds. The topological polar surface area (TPSA) is 59.4 Å². The summed E-state index contributed by atoms with van der Waals surface area (Å²) >= 11 is 1.66. The number of nitrogens with one attached hydrogen (secondary N) is 1. The molecule has 1 unspecified atom stereocenters. The summed E-state index contributed by atoms with van der Waals surface area (Å²) in [7, 11) is 0. The van der Waals surface area contributed by atoms with E-state index in [4.69, 9.17) is 4.74 Å². The van der Waals surface area contributed by atoms with Crippen molar-refractivity contribution in [3.05, 3.63) is 34.8 Å². The molecular formula is C15H20N4O2S. The van der Waals surface area contributed by atoms with Crippen LogP contribution in [0.15, 0.2) is 29.9 Å². The molecule has 2 aromatic heterocycles. The molecule has 0 spiro atoms. The zero-order valence-electron chi connectivity index (χ0n) is 12.7. The van der Waals surface area contributed by atoms with Gasteiger partial charge in [0.05, 0.1) is 25.0 Å². The van der Waals surface area contributed by atoms with Crippen molar-refractivity contribution >= 4 is 23.1 Å². The van der Waals surface area contributed by atoms with Gasteiger partial charge in [0.1, 0.15) is 6.10 Å². The molecule has 118 valence electrons. The quantitative estimate of drug-likeness (QED) is 0.945. The monoisotopic (exact) mass is 320 g/mol. The maximum absolute atomic E-state index is 12.4. The molecule has 0 saturated carbocycles. The van der Waals surface area contributed by atoms with E-state index in [0.29, 0.717) is 19.7 Å². The second-order valence-corrected chi connectivity index (χ2v) is 6.53. The largest absolute Gasteiger partial charge is 0.369 e. The second kappa shape index (κ2) is 6.50. The number of morpholine rings is 1. The number of thiophene rings is 1. The van der Waals surface area contributed by atoms with Crippen molar-refractivity contribution in [1.29, 1.82) is 0 Å². The summed E-state index contributed by atoms with van der Waals surface area (Å²) in [5.41, 5.74) is 0.720. The smallest absolute Gasteiger partial charge is 0.322 e. The highest BCUT2D eigenvalue weighted by Crippen LogP contribution is 2.26. The van der Waals surface area contributed by atoms with E-state index >= 15 is 0 Å². The van der Waals surface area contributed by atoms with Crippen LogP contribution in [0.5, 0.6) is 0 Å². The fourth-order valence-electron chi connectivity index (χ4n) is 2.37. The van der Waals surface area contributed by atoms with Gasteiger partial charge in [-0.1, -0.05) is 6.07 Å². The third-order valence-corrected chi connectivity index (χ3v) is 4.56. The lowest BCUT2D eigenvalue weighted by Crippen LogP contribution is -2.44. The first-order valence-electron chi connectivity index (χ1n) is 7.38. The zero-order chi connectivity index (χ0) is 15.5. The Kier molecular flexibility index (Phi) is 4.44. The minimum absolute atomic E-state index is 0.0297. The predicted molar refractivity (Wildman–Crippen MR) is 86.2 cm³/mol. The van der Waals surface area contributed by atoms with Gasteiger partial charge in [-0.2, -0.15) is 5.10 Å². The number of aromatic nitrogens is 2. The van der Waals surface area contributed by atoms with E-state index in [1.165, 1.54) is 0 Å². The molecule has 0 bridgehead atoms. The van der Waals surface area contributed by atoms with Crippen molar-refractivity contribution in [1.82, 2.24) is 14.7 Å². The van der Waals surface area contributed by atoms with Crippen molar-refractivity contribution in [2.45, 2.75) is 26.0 Å². The molecule has 1 aliphatic heterocycles. The lowest BCUT2D eigenvalue weighted by Gasteiger charge is -2.32. The van der Waals surface area contributed by atoms with Crippen LogP contribution in [0.1, 0.15) is 30.9 Å². The number of carbonyl (C=O) groups excluding carboxylic acids is 1. The Hall–Kier alpha value is -1.86. The van der Waals surface area contributed by atoms with Gasteiger partial charge in [-0.3, -0.25) is 4.68 Å². The van der Waals surface area contributed by atoms with E-state index in [9.17, 15) is 4.79 Å².